The number of nitrogens with zero attached hydrogens (tertiary/aromatic N) is 1. The van der Waals surface area contributed by atoms with Crippen LogP contribution in [0.2, 0.25) is 0 Å². The van der Waals surface area contributed by atoms with Crippen LogP contribution in [0.15, 0.2) is 22.7 Å². The molecule has 1 saturated heterocycles. The molecule has 1 heterocycles. The van der Waals surface area contributed by atoms with Gasteiger partial charge in [-0.3, -0.25) is 9.59 Å². The highest BCUT2D eigenvalue weighted by Gasteiger charge is 2.33. The molecule has 1 unspecified atom stereocenters. The van der Waals surface area contributed by atoms with Gasteiger partial charge < -0.3 is 20.1 Å². The molecule has 0 radical (unpaired) electrons. The van der Waals surface area contributed by atoms with E-state index in [1.54, 1.807) is 6.07 Å². The molecule has 1 aromatic rings. The third-order valence-corrected chi connectivity index (χ3v) is 3.73. The van der Waals surface area contributed by atoms with Crippen molar-refractivity contribution >= 4 is 27.7 Å². The summed E-state index contributed by atoms with van der Waals surface area (Å²) in [6.45, 7) is 3.15. The monoisotopic (exact) mass is 356 g/mol. The quantitative estimate of drug-likeness (QED) is 0.850. The summed E-state index contributed by atoms with van der Waals surface area (Å²) in [6.07, 6.45) is 0. The van der Waals surface area contributed by atoms with Gasteiger partial charge in [-0.2, -0.15) is 0 Å². The molecule has 0 spiro atoms. The number of amides is 2. The molecule has 2 N–H and O–H groups in total. The first-order valence-electron chi connectivity index (χ1n) is 6.69. The summed E-state index contributed by atoms with van der Waals surface area (Å²) >= 11 is 3.23. The molecule has 2 amide bonds. The van der Waals surface area contributed by atoms with Gasteiger partial charge in [0.2, 0.25) is 5.91 Å². The van der Waals surface area contributed by atoms with Crippen molar-refractivity contribution in [3.05, 3.63) is 28.2 Å². The first-order valence-corrected chi connectivity index (χ1v) is 7.48. The Morgan fingerprint density at radius 2 is 2.29 bits per heavy atom. The molecule has 1 atom stereocenters. The van der Waals surface area contributed by atoms with Gasteiger partial charge in [-0.15, -0.1) is 0 Å². The first-order chi connectivity index (χ1) is 10.0. The second-order valence-corrected chi connectivity index (χ2v) is 5.56. The highest BCUT2D eigenvalue weighted by molar-refractivity contribution is 9.10. The molecular weight excluding hydrogens is 340 g/mol. The molecule has 6 nitrogen and oxygen atoms in total. The molecule has 0 bridgehead atoms. The lowest BCUT2D eigenvalue weighted by atomic mass is 10.1. The lowest BCUT2D eigenvalue weighted by molar-refractivity contribution is -0.130. The zero-order valence-corrected chi connectivity index (χ0v) is 13.2. The number of aromatic hydroxyl groups is 1. The van der Waals surface area contributed by atoms with E-state index < -0.39 is 6.04 Å². The largest absolute Gasteiger partial charge is 0.507 e. The summed E-state index contributed by atoms with van der Waals surface area (Å²) in [6, 6.07) is 3.99. The maximum atomic E-state index is 12.6. The van der Waals surface area contributed by atoms with Gasteiger partial charge in [-0.05, 0) is 25.1 Å². The SMILES string of the molecule is CCNC(=O)C1COCCN1C(=O)c1ccc(Br)cc1O. The highest BCUT2D eigenvalue weighted by Crippen LogP contribution is 2.25. The van der Waals surface area contributed by atoms with Crippen LogP contribution in [-0.2, 0) is 9.53 Å². The van der Waals surface area contributed by atoms with Crippen LogP contribution in [0.4, 0.5) is 0 Å². The van der Waals surface area contributed by atoms with E-state index in [1.165, 1.54) is 17.0 Å². The molecular formula is C14H17BrN2O4. The molecule has 2 rings (SSSR count). The number of ether oxygens (including phenoxy) is 1. The van der Waals surface area contributed by atoms with Crippen LogP contribution < -0.4 is 5.32 Å². The van der Waals surface area contributed by atoms with Crippen LogP contribution in [0.3, 0.4) is 0 Å². The summed E-state index contributed by atoms with van der Waals surface area (Å²) in [4.78, 5) is 26.0. The van der Waals surface area contributed by atoms with Crippen molar-refractivity contribution in [1.29, 1.82) is 0 Å². The Labute approximate surface area is 131 Å². The molecule has 114 valence electrons. The smallest absolute Gasteiger partial charge is 0.258 e. The average Bonchev–Trinajstić information content (AvgIpc) is 2.47. The number of halogens is 1. The normalized spacial score (nSPS) is 18.4. The van der Waals surface area contributed by atoms with E-state index >= 15 is 0 Å². The van der Waals surface area contributed by atoms with E-state index in [0.29, 0.717) is 24.2 Å². The number of hydrogen-bond acceptors (Lipinski definition) is 4. The fourth-order valence-electron chi connectivity index (χ4n) is 2.20. The van der Waals surface area contributed by atoms with Crippen molar-refractivity contribution in [1.82, 2.24) is 10.2 Å². The molecule has 0 aliphatic carbocycles. The molecule has 1 aromatic carbocycles. The first kappa shape index (κ1) is 15.8. The number of benzene rings is 1. The highest BCUT2D eigenvalue weighted by atomic mass is 79.9. The van der Waals surface area contributed by atoms with Crippen LogP contribution in [0.25, 0.3) is 0 Å². The number of likely N-dealkylation sites (N-methyl/N-ethyl adjacent to an activating group) is 1. The predicted octanol–water partition coefficient (Wildman–Crippen LogP) is 1.13. The number of nitrogens with one attached hydrogen (secondary N) is 1. The van der Waals surface area contributed by atoms with Crippen molar-refractivity contribution in [2.24, 2.45) is 0 Å². The van der Waals surface area contributed by atoms with Crippen molar-refractivity contribution in [2.75, 3.05) is 26.3 Å². The van der Waals surface area contributed by atoms with Gasteiger partial charge in [0.1, 0.15) is 11.8 Å². The van der Waals surface area contributed by atoms with Crippen LogP contribution in [-0.4, -0.2) is 54.2 Å². The Hall–Kier alpha value is -1.60. The molecule has 7 heteroatoms. The van der Waals surface area contributed by atoms with Crippen molar-refractivity contribution in [3.63, 3.8) is 0 Å². The lowest BCUT2D eigenvalue weighted by Crippen LogP contribution is -2.55. The number of carbonyl (C=O) groups is 2. The van der Waals surface area contributed by atoms with Crippen LogP contribution in [0.1, 0.15) is 17.3 Å². The summed E-state index contributed by atoms with van der Waals surface area (Å²) in [7, 11) is 0. The molecule has 0 aromatic heterocycles. The van der Waals surface area contributed by atoms with E-state index in [9.17, 15) is 14.7 Å². The van der Waals surface area contributed by atoms with E-state index in [1.807, 2.05) is 6.92 Å². The number of morpholine rings is 1. The Balaban J connectivity index is 2.24. The van der Waals surface area contributed by atoms with Gasteiger partial charge in [-0.25, -0.2) is 0 Å². The number of phenols is 1. The van der Waals surface area contributed by atoms with Crippen LogP contribution in [0.5, 0.6) is 5.75 Å². The van der Waals surface area contributed by atoms with Gasteiger partial charge in [0.15, 0.2) is 0 Å². The van der Waals surface area contributed by atoms with Crippen molar-refractivity contribution in [3.8, 4) is 5.75 Å². The Morgan fingerprint density at radius 3 is 2.95 bits per heavy atom. The number of phenolic OH excluding ortho intramolecular Hbond substituents is 1. The minimum absolute atomic E-state index is 0.115. The van der Waals surface area contributed by atoms with Crippen molar-refractivity contribution < 1.29 is 19.4 Å². The lowest BCUT2D eigenvalue weighted by Gasteiger charge is -2.34. The second-order valence-electron chi connectivity index (χ2n) is 4.65. The van der Waals surface area contributed by atoms with Gasteiger partial charge in [-0.1, -0.05) is 15.9 Å². The van der Waals surface area contributed by atoms with Gasteiger partial charge in [0.05, 0.1) is 18.8 Å². The third-order valence-electron chi connectivity index (χ3n) is 3.23. The summed E-state index contributed by atoms with van der Waals surface area (Å²) in [5.74, 6) is -0.739. The molecule has 1 aliphatic rings. The zero-order valence-electron chi connectivity index (χ0n) is 11.6. The Bertz CT molecular complexity index is 550. The third kappa shape index (κ3) is 3.54. The molecule has 1 fully saturated rings. The summed E-state index contributed by atoms with van der Waals surface area (Å²) in [5.41, 5.74) is 0.175. The fraction of sp³-hybridized carbons (Fsp3) is 0.429. The van der Waals surface area contributed by atoms with Gasteiger partial charge >= 0.3 is 0 Å². The number of carbonyl (C=O) groups excluding carboxylic acids is 2. The topological polar surface area (TPSA) is 78.9 Å². The maximum Gasteiger partial charge on any atom is 0.258 e. The van der Waals surface area contributed by atoms with E-state index in [-0.39, 0.29) is 29.7 Å². The van der Waals surface area contributed by atoms with Crippen LogP contribution >= 0.6 is 15.9 Å². The Morgan fingerprint density at radius 1 is 1.52 bits per heavy atom. The minimum atomic E-state index is -0.672. The van der Waals surface area contributed by atoms with E-state index in [2.05, 4.69) is 21.2 Å². The molecule has 1 aliphatic heterocycles. The summed E-state index contributed by atoms with van der Waals surface area (Å²) < 4.78 is 5.97. The van der Waals surface area contributed by atoms with Gasteiger partial charge in [0, 0.05) is 17.6 Å². The number of rotatable bonds is 3. The standard InChI is InChI=1S/C14H17BrN2O4/c1-2-16-13(19)11-8-21-6-5-17(11)14(20)10-4-3-9(15)7-12(10)18/h3-4,7,11,18H,2,5-6,8H2,1H3,(H,16,19). The van der Waals surface area contributed by atoms with E-state index in [0.717, 1.165) is 0 Å². The fourth-order valence-corrected chi connectivity index (χ4v) is 2.55. The zero-order chi connectivity index (χ0) is 15.4. The number of hydrogen-bond donors (Lipinski definition) is 2. The molecule has 21 heavy (non-hydrogen) atoms. The molecule has 0 saturated carbocycles. The summed E-state index contributed by atoms with van der Waals surface area (Å²) in [5, 5.41) is 12.6. The van der Waals surface area contributed by atoms with Crippen molar-refractivity contribution in [2.45, 2.75) is 13.0 Å². The Kier molecular flexibility index (Phi) is 5.19. The minimum Gasteiger partial charge on any atom is -0.507 e. The van der Waals surface area contributed by atoms with E-state index in [4.69, 9.17) is 4.74 Å². The second kappa shape index (κ2) is 6.91. The van der Waals surface area contributed by atoms with Gasteiger partial charge in [0.25, 0.3) is 5.91 Å². The predicted molar refractivity (Wildman–Crippen MR) is 80.1 cm³/mol. The maximum absolute atomic E-state index is 12.6. The van der Waals surface area contributed by atoms with Crippen LogP contribution in [0, 0.1) is 0 Å². The average molecular weight is 357 g/mol.